The molecular weight excluding hydrogens is 357 g/mol. The Morgan fingerprint density at radius 3 is 3.00 bits per heavy atom. The van der Waals surface area contributed by atoms with Gasteiger partial charge in [0.2, 0.25) is 0 Å². The van der Waals surface area contributed by atoms with Crippen LogP contribution >= 0.6 is 11.3 Å². The Kier molecular flexibility index (Phi) is 4.66. The SMILES string of the molecule is O=C(NC(c1nccs1)C1CC1)c1cc(COc2ccccc2F)on1. The molecule has 1 fully saturated rings. The second-order valence-corrected chi connectivity index (χ2v) is 6.98. The van der Waals surface area contributed by atoms with E-state index in [9.17, 15) is 9.18 Å². The zero-order valence-corrected chi connectivity index (χ0v) is 14.5. The van der Waals surface area contributed by atoms with E-state index in [1.165, 1.54) is 29.5 Å². The molecule has 1 aromatic carbocycles. The van der Waals surface area contributed by atoms with Gasteiger partial charge in [-0.25, -0.2) is 9.37 Å². The molecule has 6 nitrogen and oxygen atoms in total. The summed E-state index contributed by atoms with van der Waals surface area (Å²) in [4.78, 5) is 16.8. The lowest BCUT2D eigenvalue weighted by atomic mass is 10.2. The second-order valence-electron chi connectivity index (χ2n) is 6.06. The third-order valence-corrected chi connectivity index (χ3v) is 4.95. The number of thiazole rings is 1. The van der Waals surface area contributed by atoms with Gasteiger partial charge in [0.25, 0.3) is 5.91 Å². The number of ether oxygens (including phenoxy) is 1. The van der Waals surface area contributed by atoms with Crippen LogP contribution in [0.3, 0.4) is 0 Å². The number of hydrogen-bond donors (Lipinski definition) is 1. The summed E-state index contributed by atoms with van der Waals surface area (Å²) in [5, 5.41) is 9.56. The molecule has 0 radical (unpaired) electrons. The van der Waals surface area contributed by atoms with Crippen molar-refractivity contribution in [3.8, 4) is 5.75 Å². The first-order valence-electron chi connectivity index (χ1n) is 8.24. The molecule has 1 unspecified atom stereocenters. The summed E-state index contributed by atoms with van der Waals surface area (Å²) in [5.74, 6) is 0.0997. The number of benzene rings is 1. The molecule has 26 heavy (non-hydrogen) atoms. The van der Waals surface area contributed by atoms with Gasteiger partial charge in [-0.1, -0.05) is 17.3 Å². The van der Waals surface area contributed by atoms with Gasteiger partial charge in [0.1, 0.15) is 11.6 Å². The number of para-hydroxylation sites is 1. The second kappa shape index (κ2) is 7.25. The minimum Gasteiger partial charge on any atom is -0.482 e. The van der Waals surface area contributed by atoms with E-state index in [-0.39, 0.29) is 30.0 Å². The van der Waals surface area contributed by atoms with Gasteiger partial charge in [-0.3, -0.25) is 4.79 Å². The van der Waals surface area contributed by atoms with Gasteiger partial charge < -0.3 is 14.6 Å². The molecule has 4 rings (SSSR count). The molecule has 1 atom stereocenters. The maximum atomic E-state index is 13.5. The molecule has 0 aliphatic heterocycles. The van der Waals surface area contributed by atoms with E-state index < -0.39 is 5.82 Å². The Balaban J connectivity index is 1.39. The van der Waals surface area contributed by atoms with Crippen molar-refractivity contribution in [3.05, 3.63) is 64.2 Å². The Hall–Kier alpha value is -2.74. The highest BCUT2D eigenvalue weighted by Crippen LogP contribution is 2.41. The lowest BCUT2D eigenvalue weighted by molar-refractivity contribution is 0.0922. The van der Waals surface area contributed by atoms with Crippen LogP contribution in [0.25, 0.3) is 0 Å². The first-order valence-corrected chi connectivity index (χ1v) is 9.12. The summed E-state index contributed by atoms with van der Waals surface area (Å²) in [7, 11) is 0. The predicted molar refractivity (Wildman–Crippen MR) is 92.3 cm³/mol. The van der Waals surface area contributed by atoms with E-state index in [1.807, 2.05) is 5.38 Å². The quantitative estimate of drug-likeness (QED) is 0.683. The van der Waals surface area contributed by atoms with E-state index in [1.54, 1.807) is 18.3 Å². The number of carbonyl (C=O) groups excluding carboxylic acids is 1. The maximum Gasteiger partial charge on any atom is 0.274 e. The molecule has 3 aromatic rings. The number of nitrogens with one attached hydrogen (secondary N) is 1. The largest absolute Gasteiger partial charge is 0.482 e. The summed E-state index contributed by atoms with van der Waals surface area (Å²) in [6.07, 6.45) is 3.88. The highest BCUT2D eigenvalue weighted by molar-refractivity contribution is 7.09. The van der Waals surface area contributed by atoms with Crippen LogP contribution in [0.4, 0.5) is 4.39 Å². The van der Waals surface area contributed by atoms with Crippen LogP contribution in [0.2, 0.25) is 0 Å². The molecule has 1 saturated carbocycles. The topological polar surface area (TPSA) is 77.2 Å². The van der Waals surface area contributed by atoms with Crippen LogP contribution in [0.15, 0.2) is 46.4 Å². The van der Waals surface area contributed by atoms with E-state index in [0.29, 0.717) is 11.7 Å². The first-order chi connectivity index (χ1) is 12.7. The summed E-state index contributed by atoms with van der Waals surface area (Å²) in [6.45, 7) is -0.0141. The fourth-order valence-electron chi connectivity index (χ4n) is 2.61. The number of nitrogens with zero attached hydrogens (tertiary/aromatic N) is 2. The fraction of sp³-hybridized carbons (Fsp3) is 0.278. The maximum absolute atomic E-state index is 13.5. The van der Waals surface area contributed by atoms with Gasteiger partial charge in [0, 0.05) is 17.6 Å². The Labute approximate surface area is 153 Å². The zero-order valence-electron chi connectivity index (χ0n) is 13.7. The monoisotopic (exact) mass is 373 g/mol. The normalized spacial score (nSPS) is 14.8. The lowest BCUT2D eigenvalue weighted by Crippen LogP contribution is -2.30. The molecule has 2 heterocycles. The number of carbonyl (C=O) groups is 1. The summed E-state index contributed by atoms with van der Waals surface area (Å²) in [5.41, 5.74) is 0.166. The van der Waals surface area contributed by atoms with Gasteiger partial charge in [-0.2, -0.15) is 0 Å². The van der Waals surface area contributed by atoms with Crippen LogP contribution in [0.1, 0.15) is 40.1 Å². The molecule has 2 aromatic heterocycles. The van der Waals surface area contributed by atoms with E-state index in [2.05, 4.69) is 15.5 Å². The van der Waals surface area contributed by atoms with Crippen LogP contribution in [0.5, 0.6) is 5.75 Å². The van der Waals surface area contributed by atoms with Crippen LogP contribution in [-0.4, -0.2) is 16.0 Å². The van der Waals surface area contributed by atoms with Gasteiger partial charge >= 0.3 is 0 Å². The fourth-order valence-corrected chi connectivity index (χ4v) is 3.39. The number of aromatic nitrogens is 2. The molecule has 8 heteroatoms. The van der Waals surface area contributed by atoms with Crippen molar-refractivity contribution in [1.82, 2.24) is 15.5 Å². The molecule has 0 bridgehead atoms. The van der Waals surface area contributed by atoms with Crippen molar-refractivity contribution in [2.75, 3.05) is 0 Å². The van der Waals surface area contributed by atoms with Crippen molar-refractivity contribution in [2.24, 2.45) is 5.92 Å². The highest BCUT2D eigenvalue weighted by Gasteiger charge is 2.35. The molecule has 1 aliphatic carbocycles. The van der Waals surface area contributed by atoms with E-state index >= 15 is 0 Å². The van der Waals surface area contributed by atoms with Crippen molar-refractivity contribution in [3.63, 3.8) is 0 Å². The summed E-state index contributed by atoms with van der Waals surface area (Å²) >= 11 is 1.52. The highest BCUT2D eigenvalue weighted by atomic mass is 32.1. The Morgan fingerprint density at radius 2 is 2.27 bits per heavy atom. The Bertz CT molecular complexity index is 893. The van der Waals surface area contributed by atoms with Gasteiger partial charge in [0.05, 0.1) is 6.04 Å². The average Bonchev–Trinajstić information content (AvgIpc) is 3.14. The van der Waals surface area contributed by atoms with Crippen molar-refractivity contribution in [2.45, 2.75) is 25.5 Å². The molecule has 134 valence electrons. The van der Waals surface area contributed by atoms with E-state index in [0.717, 1.165) is 17.8 Å². The molecule has 1 N–H and O–H groups in total. The average molecular weight is 373 g/mol. The van der Waals surface area contributed by atoms with Crippen LogP contribution in [-0.2, 0) is 6.61 Å². The minimum absolute atomic E-state index is 0.0141. The van der Waals surface area contributed by atoms with Gasteiger partial charge in [-0.15, -0.1) is 11.3 Å². The standard InChI is InChI=1S/C18H16FN3O3S/c19-13-3-1-2-4-15(13)24-10-12-9-14(22-25-12)17(23)21-16(11-5-6-11)18-20-7-8-26-18/h1-4,7-9,11,16H,5-6,10H2,(H,21,23). The molecule has 1 amide bonds. The number of amides is 1. The number of halogens is 1. The number of hydrogen-bond acceptors (Lipinski definition) is 6. The third-order valence-electron chi connectivity index (χ3n) is 4.10. The number of rotatable bonds is 7. The van der Waals surface area contributed by atoms with Gasteiger partial charge in [0.15, 0.2) is 23.0 Å². The summed E-state index contributed by atoms with van der Waals surface area (Å²) in [6, 6.07) is 7.49. The first kappa shape index (κ1) is 16.7. The molecular formula is C18H16FN3O3S. The van der Waals surface area contributed by atoms with Gasteiger partial charge in [-0.05, 0) is 30.9 Å². The van der Waals surface area contributed by atoms with E-state index in [4.69, 9.17) is 9.26 Å². The predicted octanol–water partition coefficient (Wildman–Crippen LogP) is 3.73. The third kappa shape index (κ3) is 3.75. The lowest BCUT2D eigenvalue weighted by Gasteiger charge is -2.14. The molecule has 0 spiro atoms. The molecule has 1 aliphatic rings. The van der Waals surface area contributed by atoms with Crippen molar-refractivity contribution in [1.29, 1.82) is 0 Å². The Morgan fingerprint density at radius 1 is 1.42 bits per heavy atom. The minimum atomic E-state index is -0.458. The summed E-state index contributed by atoms with van der Waals surface area (Å²) < 4.78 is 24.0. The zero-order chi connectivity index (χ0) is 17.9. The smallest absolute Gasteiger partial charge is 0.274 e. The van der Waals surface area contributed by atoms with Crippen LogP contribution < -0.4 is 10.1 Å². The van der Waals surface area contributed by atoms with Crippen LogP contribution in [0, 0.1) is 11.7 Å². The molecule has 0 saturated heterocycles. The van der Waals surface area contributed by atoms with Crippen molar-refractivity contribution < 1.29 is 18.4 Å². The van der Waals surface area contributed by atoms with Crippen molar-refractivity contribution >= 4 is 17.2 Å².